The first-order valence-corrected chi connectivity index (χ1v) is 10.8. The summed E-state index contributed by atoms with van der Waals surface area (Å²) < 4.78 is 5.66. The van der Waals surface area contributed by atoms with Gasteiger partial charge in [0.2, 0.25) is 0 Å². The molecule has 1 atom stereocenters. The second kappa shape index (κ2) is 12.5. The van der Waals surface area contributed by atoms with E-state index in [9.17, 15) is 10.2 Å². The fourth-order valence-corrected chi connectivity index (χ4v) is 3.50. The molecular weight excluding hydrogens is 360 g/mol. The minimum Gasteiger partial charge on any atom is -0.508 e. The van der Waals surface area contributed by atoms with Crippen molar-refractivity contribution >= 4 is 0 Å². The lowest BCUT2D eigenvalue weighted by Gasteiger charge is -2.19. The van der Waals surface area contributed by atoms with E-state index in [-0.39, 0.29) is 17.6 Å². The van der Waals surface area contributed by atoms with Gasteiger partial charge in [-0.05, 0) is 92.2 Å². The van der Waals surface area contributed by atoms with E-state index in [0.29, 0.717) is 18.6 Å². The van der Waals surface area contributed by atoms with Gasteiger partial charge in [-0.25, -0.2) is 0 Å². The number of benzene rings is 1. The molecule has 0 aliphatic carbocycles. The van der Waals surface area contributed by atoms with Crippen molar-refractivity contribution in [2.45, 2.75) is 86.7 Å². The highest BCUT2D eigenvalue weighted by Crippen LogP contribution is 2.38. The molecule has 0 amide bonds. The van der Waals surface area contributed by atoms with Gasteiger partial charge in [0.1, 0.15) is 11.5 Å². The maximum Gasteiger partial charge on any atom is 0.128 e. The molecule has 2 N–H and O–H groups in total. The second-order valence-electron chi connectivity index (χ2n) is 8.21. The first kappa shape index (κ1) is 25.0. The van der Waals surface area contributed by atoms with Gasteiger partial charge < -0.3 is 14.9 Å². The van der Waals surface area contributed by atoms with Crippen LogP contribution in [0.4, 0.5) is 0 Å². The van der Waals surface area contributed by atoms with Gasteiger partial charge in [-0.15, -0.1) is 0 Å². The summed E-state index contributed by atoms with van der Waals surface area (Å²) >= 11 is 0. The van der Waals surface area contributed by atoms with Crippen LogP contribution in [0.25, 0.3) is 0 Å². The van der Waals surface area contributed by atoms with Gasteiger partial charge in [-0.2, -0.15) is 0 Å². The van der Waals surface area contributed by atoms with E-state index in [1.165, 1.54) is 16.7 Å². The Hall–Kier alpha value is -2.00. The summed E-state index contributed by atoms with van der Waals surface area (Å²) in [6.45, 7) is 14.9. The van der Waals surface area contributed by atoms with Gasteiger partial charge in [0, 0.05) is 17.7 Å². The molecule has 29 heavy (non-hydrogen) atoms. The Bertz CT molecular complexity index is 750. The van der Waals surface area contributed by atoms with Gasteiger partial charge in [-0.1, -0.05) is 34.9 Å². The number of allylic oxidation sites excluding steroid dienone is 6. The minimum absolute atomic E-state index is 0.145. The van der Waals surface area contributed by atoms with Crippen LogP contribution in [0.15, 0.2) is 41.0 Å². The number of rotatable bonds is 11. The summed E-state index contributed by atoms with van der Waals surface area (Å²) in [6, 6.07) is 1.72. The number of hydrogen-bond donors (Lipinski definition) is 2. The smallest absolute Gasteiger partial charge is 0.128 e. The molecule has 0 bridgehead atoms. The summed E-state index contributed by atoms with van der Waals surface area (Å²) in [6.07, 6.45) is 11.2. The number of aryl methyl sites for hydroxylation is 1. The Labute approximate surface area is 177 Å². The van der Waals surface area contributed by atoms with E-state index in [1.54, 1.807) is 6.07 Å². The highest BCUT2D eigenvalue weighted by molar-refractivity contribution is 5.54. The van der Waals surface area contributed by atoms with Crippen molar-refractivity contribution in [2.24, 2.45) is 0 Å². The number of hydrogen-bond acceptors (Lipinski definition) is 3. The van der Waals surface area contributed by atoms with E-state index in [4.69, 9.17) is 4.74 Å². The standard InChI is InChI=1S/C26H40O3/c1-8-29-22(7)25-21(6)17-24(27)23(26(25)28)16-15-20(5)14-10-13-19(4)12-9-11-18(2)3/h11,13,15,17,22,27-28H,8-10,12,14,16H2,1-7H3/b19-13+,20-15+. The molecule has 0 aromatic heterocycles. The lowest BCUT2D eigenvalue weighted by molar-refractivity contribution is 0.0740. The normalized spacial score (nSPS) is 13.5. The fraction of sp³-hybridized carbons (Fsp3) is 0.538. The zero-order valence-corrected chi connectivity index (χ0v) is 19.4. The molecule has 0 radical (unpaired) electrons. The summed E-state index contributed by atoms with van der Waals surface area (Å²) in [7, 11) is 0. The zero-order valence-electron chi connectivity index (χ0n) is 19.4. The third-order valence-electron chi connectivity index (χ3n) is 5.23. The molecule has 1 aromatic rings. The van der Waals surface area contributed by atoms with Gasteiger partial charge in [0.05, 0.1) is 6.10 Å². The van der Waals surface area contributed by atoms with E-state index < -0.39 is 0 Å². The molecule has 1 rings (SSSR count). The van der Waals surface area contributed by atoms with Crippen LogP contribution >= 0.6 is 0 Å². The summed E-state index contributed by atoms with van der Waals surface area (Å²) in [5, 5.41) is 21.1. The maximum atomic E-state index is 10.7. The van der Waals surface area contributed by atoms with Crippen molar-refractivity contribution in [1.29, 1.82) is 0 Å². The Morgan fingerprint density at radius 2 is 1.59 bits per heavy atom. The van der Waals surface area contributed by atoms with Crippen LogP contribution < -0.4 is 0 Å². The van der Waals surface area contributed by atoms with Crippen molar-refractivity contribution in [1.82, 2.24) is 0 Å². The first-order chi connectivity index (χ1) is 13.7. The number of aromatic hydroxyl groups is 2. The first-order valence-electron chi connectivity index (χ1n) is 10.8. The molecule has 0 heterocycles. The van der Waals surface area contributed by atoms with Crippen LogP contribution in [0.2, 0.25) is 0 Å². The Morgan fingerprint density at radius 1 is 1.00 bits per heavy atom. The van der Waals surface area contributed by atoms with Crippen LogP contribution in [-0.2, 0) is 11.2 Å². The molecule has 162 valence electrons. The zero-order chi connectivity index (χ0) is 22.0. The predicted octanol–water partition coefficient (Wildman–Crippen LogP) is 7.47. The fourth-order valence-electron chi connectivity index (χ4n) is 3.50. The summed E-state index contributed by atoms with van der Waals surface area (Å²) in [5.74, 6) is 0.300. The van der Waals surface area contributed by atoms with Crippen molar-refractivity contribution in [2.75, 3.05) is 6.61 Å². The van der Waals surface area contributed by atoms with Crippen LogP contribution in [0.3, 0.4) is 0 Å². The molecule has 3 nitrogen and oxygen atoms in total. The highest BCUT2D eigenvalue weighted by atomic mass is 16.5. The van der Waals surface area contributed by atoms with Crippen LogP contribution in [-0.4, -0.2) is 16.8 Å². The molecular formula is C26H40O3. The average Bonchev–Trinajstić information content (AvgIpc) is 2.61. The Morgan fingerprint density at radius 3 is 2.17 bits per heavy atom. The maximum absolute atomic E-state index is 10.7. The van der Waals surface area contributed by atoms with E-state index in [1.807, 2.05) is 20.8 Å². The second-order valence-corrected chi connectivity index (χ2v) is 8.21. The van der Waals surface area contributed by atoms with Crippen molar-refractivity contribution in [3.63, 3.8) is 0 Å². The summed E-state index contributed by atoms with van der Waals surface area (Å²) in [5.41, 5.74) is 6.25. The van der Waals surface area contributed by atoms with Crippen LogP contribution in [0.1, 0.15) is 90.0 Å². The molecule has 1 aromatic carbocycles. The quantitative estimate of drug-likeness (QED) is 0.379. The van der Waals surface area contributed by atoms with Crippen molar-refractivity contribution < 1.29 is 14.9 Å². The van der Waals surface area contributed by atoms with Crippen LogP contribution in [0, 0.1) is 6.92 Å². The number of phenolic OH excluding ortho intramolecular Hbond substituents is 2. The highest BCUT2D eigenvalue weighted by Gasteiger charge is 2.19. The molecule has 0 fully saturated rings. The van der Waals surface area contributed by atoms with E-state index >= 15 is 0 Å². The Kier molecular flexibility index (Phi) is 10.8. The van der Waals surface area contributed by atoms with Crippen molar-refractivity contribution in [3.05, 3.63) is 57.7 Å². The molecule has 0 saturated carbocycles. The molecule has 0 spiro atoms. The SMILES string of the molecule is CCOC(C)c1c(C)cc(O)c(C/C=C(\C)CC/C=C(\C)CCC=C(C)C)c1O. The third kappa shape index (κ3) is 8.49. The van der Waals surface area contributed by atoms with Gasteiger partial charge >= 0.3 is 0 Å². The average molecular weight is 401 g/mol. The lowest BCUT2D eigenvalue weighted by Crippen LogP contribution is -2.04. The predicted molar refractivity (Wildman–Crippen MR) is 124 cm³/mol. The third-order valence-corrected chi connectivity index (χ3v) is 5.23. The molecule has 3 heteroatoms. The largest absolute Gasteiger partial charge is 0.508 e. The molecule has 0 aliphatic rings. The van der Waals surface area contributed by atoms with Gasteiger partial charge in [0.15, 0.2) is 0 Å². The van der Waals surface area contributed by atoms with Gasteiger partial charge in [-0.3, -0.25) is 0 Å². The monoisotopic (exact) mass is 400 g/mol. The number of ether oxygens (including phenoxy) is 1. The molecule has 0 saturated heterocycles. The Balaban J connectivity index is 2.77. The van der Waals surface area contributed by atoms with E-state index in [0.717, 1.165) is 36.8 Å². The van der Waals surface area contributed by atoms with Gasteiger partial charge in [0.25, 0.3) is 0 Å². The topological polar surface area (TPSA) is 49.7 Å². The van der Waals surface area contributed by atoms with E-state index in [2.05, 4.69) is 45.9 Å². The lowest BCUT2D eigenvalue weighted by atomic mass is 9.95. The molecule has 1 unspecified atom stereocenters. The van der Waals surface area contributed by atoms with Crippen LogP contribution in [0.5, 0.6) is 11.5 Å². The minimum atomic E-state index is -0.205. The molecule has 0 aliphatic heterocycles. The summed E-state index contributed by atoms with van der Waals surface area (Å²) in [4.78, 5) is 0. The van der Waals surface area contributed by atoms with Crippen molar-refractivity contribution in [3.8, 4) is 11.5 Å². The number of phenols is 2.